The van der Waals surface area contributed by atoms with Crippen LogP contribution in [0.4, 0.5) is 5.95 Å². The normalized spacial score (nSPS) is 24.1. The van der Waals surface area contributed by atoms with Crippen molar-refractivity contribution in [3.8, 4) is 0 Å². The molecule has 0 aromatic carbocycles. The summed E-state index contributed by atoms with van der Waals surface area (Å²) in [6.07, 6.45) is 6.07. The Morgan fingerprint density at radius 1 is 1.65 bits per heavy atom. The molecule has 2 heterocycles. The molecule has 0 aliphatic carbocycles. The summed E-state index contributed by atoms with van der Waals surface area (Å²) in [5.41, 5.74) is -0.0433. The van der Waals surface area contributed by atoms with E-state index in [0.29, 0.717) is 6.61 Å². The minimum absolute atomic E-state index is 0.0433. The summed E-state index contributed by atoms with van der Waals surface area (Å²) in [5, 5.41) is 3.26. The first kappa shape index (κ1) is 12.4. The van der Waals surface area contributed by atoms with Crippen molar-refractivity contribution in [1.82, 2.24) is 9.55 Å². The van der Waals surface area contributed by atoms with Crippen molar-refractivity contribution in [2.24, 2.45) is 0 Å². The Balaban J connectivity index is 1.93. The van der Waals surface area contributed by atoms with E-state index < -0.39 is 0 Å². The Labute approximate surface area is 102 Å². The van der Waals surface area contributed by atoms with Crippen molar-refractivity contribution in [3.63, 3.8) is 0 Å². The number of rotatable bonds is 6. The summed E-state index contributed by atoms with van der Waals surface area (Å²) < 4.78 is 12.9. The van der Waals surface area contributed by atoms with Crippen LogP contribution in [0.2, 0.25) is 0 Å². The van der Waals surface area contributed by atoms with Gasteiger partial charge in [0.1, 0.15) is 0 Å². The van der Waals surface area contributed by atoms with Gasteiger partial charge < -0.3 is 19.4 Å². The zero-order chi connectivity index (χ0) is 12.1. The molecule has 1 aliphatic rings. The van der Waals surface area contributed by atoms with Crippen molar-refractivity contribution in [2.45, 2.75) is 31.9 Å². The smallest absolute Gasteiger partial charge is 0.202 e. The van der Waals surface area contributed by atoms with E-state index in [1.807, 2.05) is 12.4 Å². The van der Waals surface area contributed by atoms with E-state index >= 15 is 0 Å². The molecule has 0 amide bonds. The topological polar surface area (TPSA) is 48.3 Å². The highest BCUT2D eigenvalue weighted by Gasteiger charge is 2.30. The largest absolute Gasteiger partial charge is 0.383 e. The molecular formula is C12H21N3O2. The van der Waals surface area contributed by atoms with Gasteiger partial charge in [-0.3, -0.25) is 0 Å². The van der Waals surface area contributed by atoms with Crippen LogP contribution in [0, 0.1) is 0 Å². The van der Waals surface area contributed by atoms with E-state index in [2.05, 4.69) is 21.8 Å². The number of imidazole rings is 1. The Morgan fingerprint density at radius 2 is 2.53 bits per heavy atom. The van der Waals surface area contributed by atoms with Gasteiger partial charge in [-0.05, 0) is 19.8 Å². The third kappa shape index (κ3) is 3.20. The first-order valence-electron chi connectivity index (χ1n) is 6.11. The van der Waals surface area contributed by atoms with Gasteiger partial charge in [-0.25, -0.2) is 4.98 Å². The SMILES string of the molecule is COCCNc1nccn1CC1(C)CCCO1. The van der Waals surface area contributed by atoms with Crippen LogP contribution in [0.15, 0.2) is 12.4 Å². The number of aromatic nitrogens is 2. The second-order valence-electron chi connectivity index (χ2n) is 4.70. The fourth-order valence-electron chi connectivity index (χ4n) is 2.19. The van der Waals surface area contributed by atoms with Gasteiger partial charge in [0.2, 0.25) is 5.95 Å². The lowest BCUT2D eigenvalue weighted by Crippen LogP contribution is -2.30. The summed E-state index contributed by atoms with van der Waals surface area (Å²) in [6, 6.07) is 0. The van der Waals surface area contributed by atoms with Crippen LogP contribution in [0.1, 0.15) is 19.8 Å². The van der Waals surface area contributed by atoms with Crippen LogP contribution in [0.5, 0.6) is 0 Å². The van der Waals surface area contributed by atoms with Crippen molar-refractivity contribution >= 4 is 5.95 Å². The maximum atomic E-state index is 5.79. The van der Waals surface area contributed by atoms with Crippen LogP contribution in [-0.4, -0.2) is 42.0 Å². The molecule has 96 valence electrons. The quantitative estimate of drug-likeness (QED) is 0.764. The van der Waals surface area contributed by atoms with Gasteiger partial charge >= 0.3 is 0 Å². The predicted octanol–water partition coefficient (Wildman–Crippen LogP) is 1.51. The molecule has 5 nitrogen and oxygen atoms in total. The third-order valence-corrected chi connectivity index (χ3v) is 3.11. The second-order valence-corrected chi connectivity index (χ2v) is 4.70. The molecular weight excluding hydrogens is 218 g/mol. The fourth-order valence-corrected chi connectivity index (χ4v) is 2.19. The highest BCUT2D eigenvalue weighted by molar-refractivity contribution is 5.26. The Hall–Kier alpha value is -1.07. The lowest BCUT2D eigenvalue weighted by Gasteiger charge is -2.24. The lowest BCUT2D eigenvalue weighted by atomic mass is 10.0. The molecule has 1 atom stereocenters. The average Bonchev–Trinajstić information content (AvgIpc) is 2.90. The minimum Gasteiger partial charge on any atom is -0.383 e. The van der Waals surface area contributed by atoms with Crippen molar-refractivity contribution < 1.29 is 9.47 Å². The van der Waals surface area contributed by atoms with Crippen molar-refractivity contribution in [3.05, 3.63) is 12.4 Å². The van der Waals surface area contributed by atoms with E-state index in [0.717, 1.165) is 38.5 Å². The number of hydrogen-bond acceptors (Lipinski definition) is 4. The molecule has 17 heavy (non-hydrogen) atoms. The predicted molar refractivity (Wildman–Crippen MR) is 66.2 cm³/mol. The zero-order valence-corrected chi connectivity index (χ0v) is 10.6. The molecule has 1 fully saturated rings. The molecule has 0 saturated carbocycles. The maximum absolute atomic E-state index is 5.79. The summed E-state index contributed by atoms with van der Waals surface area (Å²) in [5.74, 6) is 0.888. The molecule has 0 radical (unpaired) electrons. The van der Waals surface area contributed by atoms with E-state index in [1.54, 1.807) is 7.11 Å². The Morgan fingerprint density at radius 3 is 3.24 bits per heavy atom. The molecule has 0 spiro atoms. The van der Waals surface area contributed by atoms with Gasteiger partial charge in [-0.15, -0.1) is 0 Å². The zero-order valence-electron chi connectivity index (χ0n) is 10.6. The van der Waals surface area contributed by atoms with E-state index in [1.165, 1.54) is 0 Å². The molecule has 1 aromatic heterocycles. The molecule has 2 rings (SSSR count). The van der Waals surface area contributed by atoms with Crippen molar-refractivity contribution in [1.29, 1.82) is 0 Å². The Kier molecular flexibility index (Phi) is 4.02. The van der Waals surface area contributed by atoms with Crippen LogP contribution in [0.25, 0.3) is 0 Å². The minimum atomic E-state index is -0.0433. The number of methoxy groups -OCH3 is 1. The van der Waals surface area contributed by atoms with E-state index in [9.17, 15) is 0 Å². The van der Waals surface area contributed by atoms with Gasteiger partial charge in [-0.2, -0.15) is 0 Å². The van der Waals surface area contributed by atoms with Gasteiger partial charge in [-0.1, -0.05) is 0 Å². The average molecular weight is 239 g/mol. The van der Waals surface area contributed by atoms with Crippen molar-refractivity contribution in [2.75, 3.05) is 32.2 Å². The lowest BCUT2D eigenvalue weighted by molar-refractivity contribution is 0.00663. The monoisotopic (exact) mass is 239 g/mol. The highest BCUT2D eigenvalue weighted by Crippen LogP contribution is 2.27. The van der Waals surface area contributed by atoms with Crippen LogP contribution >= 0.6 is 0 Å². The molecule has 0 bridgehead atoms. The summed E-state index contributed by atoms with van der Waals surface area (Å²) >= 11 is 0. The van der Waals surface area contributed by atoms with Crippen LogP contribution < -0.4 is 5.32 Å². The molecule has 1 aliphatic heterocycles. The molecule has 1 aromatic rings. The van der Waals surface area contributed by atoms with Gasteiger partial charge in [0.05, 0.1) is 18.8 Å². The number of anilines is 1. The standard InChI is InChI=1S/C12H21N3O2/c1-12(4-3-8-17-12)10-15-7-5-13-11(15)14-6-9-16-2/h5,7H,3-4,6,8-10H2,1-2H3,(H,13,14). The summed E-state index contributed by atoms with van der Waals surface area (Å²) in [6.45, 7) is 5.34. The molecule has 5 heteroatoms. The maximum Gasteiger partial charge on any atom is 0.202 e. The summed E-state index contributed by atoms with van der Waals surface area (Å²) in [7, 11) is 1.70. The van der Waals surface area contributed by atoms with E-state index in [4.69, 9.17) is 9.47 Å². The number of nitrogens with zero attached hydrogens (tertiary/aromatic N) is 2. The first-order chi connectivity index (χ1) is 8.23. The van der Waals surface area contributed by atoms with E-state index in [-0.39, 0.29) is 5.60 Å². The van der Waals surface area contributed by atoms with Gasteiger partial charge in [0.15, 0.2) is 0 Å². The van der Waals surface area contributed by atoms with Crippen LogP contribution in [-0.2, 0) is 16.0 Å². The second kappa shape index (κ2) is 5.51. The molecule has 1 saturated heterocycles. The third-order valence-electron chi connectivity index (χ3n) is 3.11. The van der Waals surface area contributed by atoms with Gasteiger partial charge in [0, 0.05) is 32.7 Å². The molecule has 1 N–H and O–H groups in total. The first-order valence-corrected chi connectivity index (χ1v) is 6.11. The summed E-state index contributed by atoms with van der Waals surface area (Å²) in [4.78, 5) is 4.30. The van der Waals surface area contributed by atoms with Crippen LogP contribution in [0.3, 0.4) is 0 Å². The number of hydrogen-bond donors (Lipinski definition) is 1. The fraction of sp³-hybridized carbons (Fsp3) is 0.750. The number of nitrogens with one attached hydrogen (secondary N) is 1. The Bertz CT molecular complexity index is 345. The van der Waals surface area contributed by atoms with Gasteiger partial charge in [0.25, 0.3) is 0 Å². The molecule has 1 unspecified atom stereocenters. The number of ether oxygens (including phenoxy) is 2. The highest BCUT2D eigenvalue weighted by atomic mass is 16.5.